The van der Waals surface area contributed by atoms with Crippen molar-refractivity contribution in [1.82, 2.24) is 14.9 Å². The molecule has 1 aliphatic carbocycles. The number of esters is 1. The zero-order valence-electron chi connectivity index (χ0n) is 17.9. The lowest BCUT2D eigenvalue weighted by Gasteiger charge is -2.35. The molecule has 0 unspecified atom stereocenters. The Labute approximate surface area is 190 Å². The molecule has 8 nitrogen and oxygen atoms in total. The van der Waals surface area contributed by atoms with Crippen LogP contribution in [-0.2, 0) is 9.47 Å². The van der Waals surface area contributed by atoms with Crippen LogP contribution in [0.4, 0.5) is 10.6 Å². The van der Waals surface area contributed by atoms with Crippen LogP contribution < -0.4 is 4.90 Å². The molecular formula is C21H27ClN4O4S. The highest BCUT2D eigenvalue weighted by atomic mass is 35.5. The third kappa shape index (κ3) is 4.72. The average molecular weight is 467 g/mol. The number of carbonyl (C=O) groups excluding carboxylic acids is 2. The molecule has 2 fully saturated rings. The number of hydrogen-bond acceptors (Lipinski definition) is 8. The molecular weight excluding hydrogens is 440 g/mol. The number of anilines is 1. The van der Waals surface area contributed by atoms with E-state index >= 15 is 0 Å². The number of nitrogens with zero attached hydrogens (tertiary/aromatic N) is 4. The Bertz CT molecular complexity index is 968. The van der Waals surface area contributed by atoms with Crippen LogP contribution in [-0.4, -0.2) is 65.8 Å². The van der Waals surface area contributed by atoms with E-state index in [1.54, 1.807) is 11.8 Å². The standard InChI is InChI=1S/C21H27ClN4O4S/c1-3-29-21(28)26-11-9-25(10-12-26)17-15-13(2)16(31-18(15)24-20(22)23-17)19(27)30-14-7-5-4-6-8-14/h14H,3-12H2,1-2H3. The third-order valence-electron chi connectivity index (χ3n) is 5.86. The topological polar surface area (TPSA) is 84.9 Å². The van der Waals surface area contributed by atoms with E-state index in [-0.39, 0.29) is 23.5 Å². The number of amides is 1. The number of piperazine rings is 1. The van der Waals surface area contributed by atoms with Gasteiger partial charge in [0.25, 0.3) is 0 Å². The predicted octanol–water partition coefficient (Wildman–Crippen LogP) is 4.42. The monoisotopic (exact) mass is 466 g/mol. The summed E-state index contributed by atoms with van der Waals surface area (Å²) < 4.78 is 10.9. The molecule has 1 saturated carbocycles. The highest BCUT2D eigenvalue weighted by molar-refractivity contribution is 7.20. The van der Waals surface area contributed by atoms with Gasteiger partial charge in [0.2, 0.25) is 5.28 Å². The average Bonchev–Trinajstić information content (AvgIpc) is 3.10. The van der Waals surface area contributed by atoms with Gasteiger partial charge in [-0.05, 0) is 56.7 Å². The Morgan fingerprint density at radius 2 is 1.84 bits per heavy atom. The minimum Gasteiger partial charge on any atom is -0.458 e. The first-order valence-electron chi connectivity index (χ1n) is 10.8. The number of thiophene rings is 1. The van der Waals surface area contributed by atoms with Gasteiger partial charge in [-0.1, -0.05) is 6.42 Å². The van der Waals surface area contributed by atoms with Crippen LogP contribution >= 0.6 is 22.9 Å². The molecule has 2 aromatic rings. The van der Waals surface area contributed by atoms with E-state index in [2.05, 4.69) is 14.9 Å². The largest absolute Gasteiger partial charge is 0.458 e. The fourth-order valence-electron chi connectivity index (χ4n) is 4.22. The molecule has 2 aliphatic rings. The summed E-state index contributed by atoms with van der Waals surface area (Å²) >= 11 is 7.52. The first-order valence-corrected chi connectivity index (χ1v) is 12.0. The number of carbonyl (C=O) groups is 2. The second-order valence-electron chi connectivity index (χ2n) is 7.89. The summed E-state index contributed by atoms with van der Waals surface area (Å²) in [5, 5.41) is 0.971. The van der Waals surface area contributed by atoms with Gasteiger partial charge in [0.1, 0.15) is 21.6 Å². The Morgan fingerprint density at radius 1 is 1.13 bits per heavy atom. The van der Waals surface area contributed by atoms with Crippen LogP contribution in [0.25, 0.3) is 10.2 Å². The normalized spacial score (nSPS) is 17.8. The highest BCUT2D eigenvalue weighted by Crippen LogP contribution is 2.37. The number of halogens is 1. The second kappa shape index (κ2) is 9.56. The fourth-order valence-corrected chi connectivity index (χ4v) is 5.49. The van der Waals surface area contributed by atoms with Crippen molar-refractivity contribution in [3.05, 3.63) is 15.7 Å². The number of aryl methyl sites for hydroxylation is 1. The Morgan fingerprint density at radius 3 is 2.52 bits per heavy atom. The lowest BCUT2D eigenvalue weighted by atomic mass is 9.98. The van der Waals surface area contributed by atoms with Gasteiger partial charge < -0.3 is 19.3 Å². The van der Waals surface area contributed by atoms with E-state index in [0.717, 1.165) is 36.6 Å². The third-order valence-corrected chi connectivity index (χ3v) is 7.20. The minimum atomic E-state index is -0.299. The van der Waals surface area contributed by atoms with Gasteiger partial charge in [0.15, 0.2) is 0 Å². The molecule has 1 amide bonds. The maximum Gasteiger partial charge on any atom is 0.409 e. The van der Waals surface area contributed by atoms with Crippen molar-refractivity contribution < 1.29 is 19.1 Å². The van der Waals surface area contributed by atoms with E-state index in [9.17, 15) is 9.59 Å². The first-order chi connectivity index (χ1) is 15.0. The van der Waals surface area contributed by atoms with Crippen molar-refractivity contribution in [2.24, 2.45) is 0 Å². The van der Waals surface area contributed by atoms with E-state index in [1.165, 1.54) is 17.8 Å². The maximum atomic E-state index is 12.9. The lowest BCUT2D eigenvalue weighted by Crippen LogP contribution is -2.49. The van der Waals surface area contributed by atoms with Crippen LogP contribution in [0.5, 0.6) is 0 Å². The molecule has 0 N–H and O–H groups in total. The van der Waals surface area contributed by atoms with Crippen LogP contribution in [0.15, 0.2) is 0 Å². The van der Waals surface area contributed by atoms with Gasteiger partial charge in [0, 0.05) is 26.2 Å². The second-order valence-corrected chi connectivity index (χ2v) is 9.23. The van der Waals surface area contributed by atoms with Crippen LogP contribution in [0.1, 0.15) is 54.3 Å². The van der Waals surface area contributed by atoms with Crippen LogP contribution in [0.3, 0.4) is 0 Å². The molecule has 0 aromatic carbocycles. The molecule has 10 heteroatoms. The zero-order chi connectivity index (χ0) is 22.0. The number of hydrogen-bond donors (Lipinski definition) is 0. The summed E-state index contributed by atoms with van der Waals surface area (Å²) in [5.74, 6) is 0.408. The van der Waals surface area contributed by atoms with Crippen molar-refractivity contribution in [2.45, 2.75) is 52.1 Å². The molecule has 168 valence electrons. The fraction of sp³-hybridized carbons (Fsp3) is 0.619. The summed E-state index contributed by atoms with van der Waals surface area (Å²) in [6, 6.07) is 0. The highest BCUT2D eigenvalue weighted by Gasteiger charge is 2.28. The molecule has 1 aliphatic heterocycles. The number of aromatic nitrogens is 2. The van der Waals surface area contributed by atoms with Crippen molar-refractivity contribution >= 4 is 51.0 Å². The van der Waals surface area contributed by atoms with Gasteiger partial charge in [-0.15, -0.1) is 11.3 Å². The number of rotatable bonds is 4. The summed E-state index contributed by atoms with van der Waals surface area (Å²) in [5.41, 5.74) is 0.820. The summed E-state index contributed by atoms with van der Waals surface area (Å²) in [6.07, 6.45) is 4.97. The van der Waals surface area contributed by atoms with Gasteiger partial charge in [0.05, 0.1) is 12.0 Å². The van der Waals surface area contributed by atoms with Gasteiger partial charge in [-0.3, -0.25) is 0 Å². The Balaban J connectivity index is 1.57. The van der Waals surface area contributed by atoms with Gasteiger partial charge >= 0.3 is 12.1 Å². The first kappa shape index (κ1) is 22.1. The molecule has 0 atom stereocenters. The molecule has 31 heavy (non-hydrogen) atoms. The minimum absolute atomic E-state index is 0.00374. The van der Waals surface area contributed by atoms with E-state index in [1.807, 2.05) is 6.92 Å². The van der Waals surface area contributed by atoms with E-state index < -0.39 is 0 Å². The number of ether oxygens (including phenoxy) is 2. The van der Waals surface area contributed by atoms with Crippen LogP contribution in [0, 0.1) is 6.92 Å². The molecule has 1 saturated heterocycles. The van der Waals surface area contributed by atoms with Crippen molar-refractivity contribution in [3.63, 3.8) is 0 Å². The smallest absolute Gasteiger partial charge is 0.409 e. The summed E-state index contributed by atoms with van der Waals surface area (Å²) in [6.45, 7) is 6.31. The zero-order valence-corrected chi connectivity index (χ0v) is 19.4. The van der Waals surface area contributed by atoms with Crippen LogP contribution in [0.2, 0.25) is 5.28 Å². The van der Waals surface area contributed by atoms with Crippen molar-refractivity contribution in [3.8, 4) is 0 Å². The molecule has 4 rings (SSSR count). The van der Waals surface area contributed by atoms with Crippen molar-refractivity contribution in [1.29, 1.82) is 0 Å². The number of fused-ring (bicyclic) bond motifs is 1. The quantitative estimate of drug-likeness (QED) is 0.487. The summed E-state index contributed by atoms with van der Waals surface area (Å²) in [4.78, 5) is 38.7. The summed E-state index contributed by atoms with van der Waals surface area (Å²) in [7, 11) is 0. The lowest BCUT2D eigenvalue weighted by molar-refractivity contribution is 0.0216. The molecule has 0 spiro atoms. The Hall–Kier alpha value is -2.13. The van der Waals surface area contributed by atoms with E-state index in [4.69, 9.17) is 21.1 Å². The molecule has 3 heterocycles. The predicted molar refractivity (Wildman–Crippen MR) is 120 cm³/mol. The SMILES string of the molecule is CCOC(=O)N1CCN(c2nc(Cl)nc3sc(C(=O)OC4CCCCC4)c(C)c23)CC1. The van der Waals surface area contributed by atoms with E-state index in [0.29, 0.717) is 48.3 Å². The van der Waals surface area contributed by atoms with Crippen molar-refractivity contribution in [2.75, 3.05) is 37.7 Å². The molecule has 0 radical (unpaired) electrons. The maximum absolute atomic E-state index is 12.9. The Kier molecular flexibility index (Phi) is 6.81. The molecule has 0 bridgehead atoms. The van der Waals surface area contributed by atoms with Gasteiger partial charge in [-0.2, -0.15) is 4.98 Å². The van der Waals surface area contributed by atoms with Gasteiger partial charge in [-0.25, -0.2) is 14.6 Å². The molecule has 2 aromatic heterocycles.